The van der Waals surface area contributed by atoms with E-state index in [-0.39, 0.29) is 24.3 Å². The number of nitrogens with one attached hydrogen (secondary N) is 1. The molecule has 0 radical (unpaired) electrons. The third-order valence-corrected chi connectivity index (χ3v) is 5.09. The number of carbonyl (C=O) groups excluding carboxylic acids is 2. The Morgan fingerprint density at radius 2 is 1.67 bits per heavy atom. The van der Waals surface area contributed by atoms with E-state index in [0.29, 0.717) is 0 Å². The zero-order valence-corrected chi connectivity index (χ0v) is 15.9. The molecule has 0 aromatic heterocycles. The van der Waals surface area contributed by atoms with Crippen molar-refractivity contribution in [2.45, 2.75) is 17.9 Å². The van der Waals surface area contributed by atoms with Gasteiger partial charge in [0.2, 0.25) is 0 Å². The number of amides is 1. The molecule has 1 atom stereocenters. The van der Waals surface area contributed by atoms with Gasteiger partial charge in [0.15, 0.2) is 6.61 Å². The second kappa shape index (κ2) is 9.24. The molecule has 0 unspecified atom stereocenters. The molecule has 0 saturated heterocycles. The fourth-order valence-electron chi connectivity index (χ4n) is 2.70. The van der Waals surface area contributed by atoms with Gasteiger partial charge in [-0.25, -0.2) is 0 Å². The van der Waals surface area contributed by atoms with Gasteiger partial charge >= 0.3 is 5.97 Å². The largest absolute Gasteiger partial charge is 0.455 e. The van der Waals surface area contributed by atoms with E-state index in [4.69, 9.17) is 4.74 Å². The van der Waals surface area contributed by atoms with Gasteiger partial charge < -0.3 is 10.1 Å². The van der Waals surface area contributed by atoms with E-state index in [2.05, 4.69) is 5.32 Å². The van der Waals surface area contributed by atoms with Crippen LogP contribution in [0.5, 0.6) is 0 Å². The number of esters is 1. The molecule has 0 heterocycles. The summed E-state index contributed by atoms with van der Waals surface area (Å²) in [6.07, 6.45) is 0. The molecule has 0 bridgehead atoms. The van der Waals surface area contributed by atoms with Crippen molar-refractivity contribution in [2.24, 2.45) is 0 Å². The van der Waals surface area contributed by atoms with E-state index in [1.165, 1.54) is 11.8 Å². The van der Waals surface area contributed by atoms with Gasteiger partial charge in [0.05, 0.1) is 11.8 Å². The van der Waals surface area contributed by atoms with E-state index < -0.39 is 5.97 Å². The van der Waals surface area contributed by atoms with E-state index in [1.807, 2.05) is 79.7 Å². The summed E-state index contributed by atoms with van der Waals surface area (Å²) in [5.41, 5.74) is 1.00. The van der Waals surface area contributed by atoms with Crippen molar-refractivity contribution in [3.05, 3.63) is 78.4 Å². The zero-order valence-electron chi connectivity index (χ0n) is 15.1. The summed E-state index contributed by atoms with van der Waals surface area (Å²) >= 11 is 1.40. The molecule has 0 spiro atoms. The van der Waals surface area contributed by atoms with E-state index >= 15 is 0 Å². The Balaban J connectivity index is 1.43. The molecule has 5 heteroatoms. The monoisotopic (exact) mass is 379 g/mol. The van der Waals surface area contributed by atoms with E-state index in [0.717, 1.165) is 21.2 Å². The molecule has 1 amide bonds. The third kappa shape index (κ3) is 5.59. The lowest BCUT2D eigenvalue weighted by Gasteiger charge is -2.14. The minimum absolute atomic E-state index is 0.135. The van der Waals surface area contributed by atoms with Gasteiger partial charge in [-0.1, -0.05) is 60.7 Å². The van der Waals surface area contributed by atoms with Crippen molar-refractivity contribution < 1.29 is 14.3 Å². The maximum atomic E-state index is 12.0. The Morgan fingerprint density at radius 3 is 2.44 bits per heavy atom. The van der Waals surface area contributed by atoms with E-state index in [1.54, 1.807) is 0 Å². The number of thioether (sulfide) groups is 1. The molecule has 3 rings (SSSR count). The van der Waals surface area contributed by atoms with Gasteiger partial charge in [0.1, 0.15) is 0 Å². The summed E-state index contributed by atoms with van der Waals surface area (Å²) in [7, 11) is 0. The third-order valence-electron chi connectivity index (χ3n) is 4.12. The fraction of sp³-hybridized carbons (Fsp3) is 0.182. The number of hydrogen-bond donors (Lipinski definition) is 1. The number of carbonyl (C=O) groups is 2. The van der Waals surface area contributed by atoms with Crippen LogP contribution in [0.3, 0.4) is 0 Å². The Kier molecular flexibility index (Phi) is 6.49. The Labute approximate surface area is 162 Å². The Bertz CT molecular complexity index is 927. The van der Waals surface area contributed by atoms with Crippen LogP contribution >= 0.6 is 11.8 Å². The van der Waals surface area contributed by atoms with Crippen molar-refractivity contribution in [3.8, 4) is 0 Å². The molecular weight excluding hydrogens is 358 g/mol. The summed E-state index contributed by atoms with van der Waals surface area (Å²) in [5.74, 6) is -0.550. The standard InChI is InChI=1S/C22H21NO3S/c1-16(17-7-3-2-4-8-17)23-21(24)14-26-22(25)15-27-20-12-11-18-9-5-6-10-19(18)13-20/h2-13,16H,14-15H2,1H3,(H,23,24)/t16-/m1/s1. The first kappa shape index (κ1) is 19.0. The first-order chi connectivity index (χ1) is 13.1. The first-order valence-corrected chi connectivity index (χ1v) is 9.72. The van der Waals surface area contributed by atoms with Crippen LogP contribution in [0.25, 0.3) is 10.8 Å². The minimum atomic E-state index is -0.407. The van der Waals surface area contributed by atoms with Crippen LogP contribution in [0.4, 0.5) is 0 Å². The summed E-state index contributed by atoms with van der Waals surface area (Å²) < 4.78 is 5.08. The predicted octanol–water partition coefficient (Wildman–Crippen LogP) is 4.35. The lowest BCUT2D eigenvalue weighted by molar-refractivity contribution is -0.146. The summed E-state index contributed by atoms with van der Waals surface area (Å²) in [6, 6.07) is 23.6. The molecule has 3 aromatic rings. The van der Waals surface area contributed by atoms with Gasteiger partial charge in [-0.15, -0.1) is 11.8 Å². The van der Waals surface area contributed by atoms with Gasteiger partial charge in [-0.3, -0.25) is 9.59 Å². The van der Waals surface area contributed by atoms with Crippen molar-refractivity contribution in [2.75, 3.05) is 12.4 Å². The van der Waals surface area contributed by atoms with Crippen molar-refractivity contribution in [1.29, 1.82) is 0 Å². The van der Waals surface area contributed by atoms with Crippen LogP contribution in [0.2, 0.25) is 0 Å². The number of fused-ring (bicyclic) bond motifs is 1. The van der Waals surface area contributed by atoms with Gasteiger partial charge in [-0.05, 0) is 35.4 Å². The zero-order chi connectivity index (χ0) is 19.1. The predicted molar refractivity (Wildman–Crippen MR) is 109 cm³/mol. The minimum Gasteiger partial charge on any atom is -0.455 e. The van der Waals surface area contributed by atoms with Crippen LogP contribution in [0.1, 0.15) is 18.5 Å². The highest BCUT2D eigenvalue weighted by Crippen LogP contribution is 2.23. The molecule has 138 valence electrons. The van der Waals surface area contributed by atoms with Crippen molar-refractivity contribution in [3.63, 3.8) is 0 Å². The van der Waals surface area contributed by atoms with Crippen LogP contribution < -0.4 is 5.32 Å². The second-order valence-corrected chi connectivity index (χ2v) is 7.21. The normalized spacial score (nSPS) is 11.7. The SMILES string of the molecule is C[C@@H](NC(=O)COC(=O)CSc1ccc2ccccc2c1)c1ccccc1. The molecule has 0 fully saturated rings. The maximum Gasteiger partial charge on any atom is 0.316 e. The fourth-order valence-corrected chi connectivity index (χ4v) is 3.44. The Morgan fingerprint density at radius 1 is 0.963 bits per heavy atom. The molecule has 0 aliphatic rings. The van der Waals surface area contributed by atoms with Gasteiger partial charge in [0, 0.05) is 4.90 Å². The summed E-state index contributed by atoms with van der Waals surface area (Å²) in [4.78, 5) is 24.9. The smallest absolute Gasteiger partial charge is 0.316 e. The highest BCUT2D eigenvalue weighted by Gasteiger charge is 2.12. The number of benzene rings is 3. The van der Waals surface area contributed by atoms with Crippen LogP contribution in [0.15, 0.2) is 77.7 Å². The first-order valence-electron chi connectivity index (χ1n) is 8.73. The van der Waals surface area contributed by atoms with Gasteiger partial charge in [-0.2, -0.15) is 0 Å². The van der Waals surface area contributed by atoms with Crippen LogP contribution in [0, 0.1) is 0 Å². The quantitative estimate of drug-likeness (QED) is 0.490. The highest BCUT2D eigenvalue weighted by molar-refractivity contribution is 8.00. The van der Waals surface area contributed by atoms with E-state index in [9.17, 15) is 9.59 Å². The molecule has 0 saturated carbocycles. The molecule has 0 aliphatic carbocycles. The maximum absolute atomic E-state index is 12.0. The molecule has 1 N–H and O–H groups in total. The average molecular weight is 379 g/mol. The average Bonchev–Trinajstić information content (AvgIpc) is 2.71. The van der Waals surface area contributed by atoms with Crippen molar-refractivity contribution >= 4 is 34.4 Å². The summed E-state index contributed by atoms with van der Waals surface area (Å²) in [6.45, 7) is 1.62. The highest BCUT2D eigenvalue weighted by atomic mass is 32.2. The lowest BCUT2D eigenvalue weighted by Crippen LogP contribution is -2.31. The topological polar surface area (TPSA) is 55.4 Å². The second-order valence-electron chi connectivity index (χ2n) is 6.16. The Hall–Kier alpha value is -2.79. The van der Waals surface area contributed by atoms with Gasteiger partial charge in [0.25, 0.3) is 5.91 Å². The molecular formula is C22H21NO3S. The van der Waals surface area contributed by atoms with Crippen LogP contribution in [-0.2, 0) is 14.3 Å². The lowest BCUT2D eigenvalue weighted by atomic mass is 10.1. The number of ether oxygens (including phenoxy) is 1. The summed E-state index contributed by atoms with van der Waals surface area (Å²) in [5, 5.41) is 5.11. The van der Waals surface area contributed by atoms with Crippen molar-refractivity contribution in [1.82, 2.24) is 5.32 Å². The number of rotatable bonds is 7. The molecule has 0 aliphatic heterocycles. The number of hydrogen-bond acceptors (Lipinski definition) is 4. The van der Waals surface area contributed by atoms with Crippen LogP contribution in [-0.4, -0.2) is 24.2 Å². The molecule has 3 aromatic carbocycles. The molecule has 27 heavy (non-hydrogen) atoms. The molecule has 4 nitrogen and oxygen atoms in total.